The molecule has 0 fully saturated rings. The number of aromatic nitrogens is 6. The second kappa shape index (κ2) is 8.09. The third kappa shape index (κ3) is 4.01. The van der Waals surface area contributed by atoms with E-state index in [0.29, 0.717) is 12.4 Å². The van der Waals surface area contributed by atoms with E-state index in [1.54, 1.807) is 34.2 Å². The highest BCUT2D eigenvalue weighted by molar-refractivity contribution is 5.91. The Bertz CT molecular complexity index is 1080. The van der Waals surface area contributed by atoms with Crippen LogP contribution in [0.15, 0.2) is 79.8 Å². The molecule has 0 saturated carbocycles. The Morgan fingerprint density at radius 2 is 1.96 bits per heavy atom. The molecule has 1 N–H and O–H groups in total. The summed E-state index contributed by atoms with van der Waals surface area (Å²) in [6, 6.07) is 13.5. The smallest absolute Gasteiger partial charge is 0.244 e. The van der Waals surface area contributed by atoms with Crippen molar-refractivity contribution in [3.63, 3.8) is 0 Å². The number of hydrogen-bond donors (Lipinski definition) is 1. The van der Waals surface area contributed by atoms with Crippen molar-refractivity contribution in [1.29, 1.82) is 0 Å². The summed E-state index contributed by atoms with van der Waals surface area (Å²) in [6.45, 7) is 0.329. The first kappa shape index (κ1) is 17.3. The van der Waals surface area contributed by atoms with Gasteiger partial charge in [0.15, 0.2) is 5.82 Å². The van der Waals surface area contributed by atoms with Crippen molar-refractivity contribution in [2.45, 2.75) is 6.54 Å². The van der Waals surface area contributed by atoms with Crippen LogP contribution in [0.25, 0.3) is 17.6 Å². The zero-order valence-corrected chi connectivity index (χ0v) is 14.9. The van der Waals surface area contributed by atoms with Gasteiger partial charge in [-0.1, -0.05) is 24.3 Å². The molecule has 1 aromatic carbocycles. The van der Waals surface area contributed by atoms with E-state index >= 15 is 0 Å². The molecule has 0 spiro atoms. The molecule has 8 nitrogen and oxygen atoms in total. The van der Waals surface area contributed by atoms with Crippen LogP contribution in [-0.4, -0.2) is 35.4 Å². The van der Waals surface area contributed by atoms with Gasteiger partial charge in [-0.3, -0.25) is 4.79 Å². The Morgan fingerprint density at radius 3 is 2.79 bits per heavy atom. The van der Waals surface area contributed by atoms with Gasteiger partial charge >= 0.3 is 0 Å². The fourth-order valence-electron chi connectivity index (χ4n) is 2.65. The SMILES string of the molecule is O=C(/C=C\c1cnn(-c2ccccc2)c1)NCc1cccnc1-n1cncn1. The molecule has 4 rings (SSSR count). The van der Waals surface area contributed by atoms with Gasteiger partial charge in [-0.15, -0.1) is 0 Å². The normalized spacial score (nSPS) is 11.0. The summed E-state index contributed by atoms with van der Waals surface area (Å²) in [4.78, 5) is 20.4. The second-order valence-corrected chi connectivity index (χ2v) is 5.93. The van der Waals surface area contributed by atoms with E-state index in [-0.39, 0.29) is 5.91 Å². The molecule has 0 aliphatic heterocycles. The average Bonchev–Trinajstić information content (AvgIpc) is 3.44. The van der Waals surface area contributed by atoms with Crippen LogP contribution < -0.4 is 5.32 Å². The van der Waals surface area contributed by atoms with E-state index in [1.165, 1.54) is 12.4 Å². The Kier molecular flexibility index (Phi) is 5.01. The number of hydrogen-bond acceptors (Lipinski definition) is 5. The average molecular weight is 371 g/mol. The van der Waals surface area contributed by atoms with Gasteiger partial charge in [0.25, 0.3) is 0 Å². The summed E-state index contributed by atoms with van der Waals surface area (Å²) in [7, 11) is 0. The highest BCUT2D eigenvalue weighted by Crippen LogP contribution is 2.10. The van der Waals surface area contributed by atoms with Crippen molar-refractivity contribution in [3.05, 3.63) is 90.9 Å². The first-order chi connectivity index (χ1) is 13.8. The van der Waals surface area contributed by atoms with Gasteiger partial charge in [-0.05, 0) is 24.3 Å². The number of benzene rings is 1. The fourth-order valence-corrected chi connectivity index (χ4v) is 2.65. The highest BCUT2D eigenvalue weighted by atomic mass is 16.1. The van der Waals surface area contributed by atoms with Crippen molar-refractivity contribution in [1.82, 2.24) is 34.8 Å². The van der Waals surface area contributed by atoms with Gasteiger partial charge in [0.05, 0.1) is 11.9 Å². The molecule has 0 unspecified atom stereocenters. The van der Waals surface area contributed by atoms with Crippen molar-refractivity contribution in [2.24, 2.45) is 0 Å². The van der Waals surface area contributed by atoms with Gasteiger partial charge in [0.2, 0.25) is 5.91 Å². The molecule has 4 aromatic rings. The molecule has 28 heavy (non-hydrogen) atoms. The number of rotatable bonds is 6. The van der Waals surface area contributed by atoms with Crippen molar-refractivity contribution in [2.75, 3.05) is 0 Å². The zero-order chi connectivity index (χ0) is 19.2. The summed E-state index contributed by atoms with van der Waals surface area (Å²) in [5.41, 5.74) is 2.64. The van der Waals surface area contributed by atoms with Crippen LogP contribution in [0.4, 0.5) is 0 Å². The molecule has 0 aliphatic carbocycles. The molecule has 1 amide bonds. The number of nitrogens with zero attached hydrogens (tertiary/aromatic N) is 6. The van der Waals surface area contributed by atoms with Crippen LogP contribution in [0, 0.1) is 0 Å². The van der Waals surface area contributed by atoms with Crippen LogP contribution >= 0.6 is 0 Å². The van der Waals surface area contributed by atoms with Crippen LogP contribution in [0.2, 0.25) is 0 Å². The number of para-hydroxylation sites is 1. The lowest BCUT2D eigenvalue weighted by Gasteiger charge is -2.08. The molecule has 3 heterocycles. The van der Waals surface area contributed by atoms with Crippen LogP contribution in [-0.2, 0) is 11.3 Å². The topological polar surface area (TPSA) is 90.5 Å². The lowest BCUT2D eigenvalue weighted by Crippen LogP contribution is -2.21. The predicted molar refractivity (Wildman–Crippen MR) is 104 cm³/mol. The van der Waals surface area contributed by atoms with E-state index in [9.17, 15) is 4.79 Å². The molecule has 138 valence electrons. The quantitative estimate of drug-likeness (QED) is 0.525. The van der Waals surface area contributed by atoms with Gasteiger partial charge in [0, 0.05) is 36.1 Å². The number of carbonyl (C=O) groups is 1. The Hall–Kier alpha value is -4.07. The lowest BCUT2D eigenvalue weighted by molar-refractivity contribution is -0.116. The largest absolute Gasteiger partial charge is 0.348 e. The van der Waals surface area contributed by atoms with E-state index in [1.807, 2.05) is 48.7 Å². The van der Waals surface area contributed by atoms with Gasteiger partial charge in [-0.25, -0.2) is 19.3 Å². The number of carbonyl (C=O) groups excluding carboxylic acids is 1. The molecule has 0 saturated heterocycles. The molecule has 3 aromatic heterocycles. The summed E-state index contributed by atoms with van der Waals surface area (Å²) >= 11 is 0. The predicted octanol–water partition coefficient (Wildman–Crippen LogP) is 2.18. The van der Waals surface area contributed by atoms with Gasteiger partial charge in [-0.2, -0.15) is 10.2 Å². The highest BCUT2D eigenvalue weighted by Gasteiger charge is 2.07. The monoisotopic (exact) mass is 371 g/mol. The molecular formula is C20H17N7O. The van der Waals surface area contributed by atoms with E-state index < -0.39 is 0 Å². The molecule has 0 bridgehead atoms. The van der Waals surface area contributed by atoms with Crippen LogP contribution in [0.5, 0.6) is 0 Å². The van der Waals surface area contributed by atoms with Crippen molar-refractivity contribution >= 4 is 12.0 Å². The minimum Gasteiger partial charge on any atom is -0.348 e. The van der Waals surface area contributed by atoms with E-state index in [0.717, 1.165) is 16.8 Å². The lowest BCUT2D eigenvalue weighted by atomic mass is 10.2. The summed E-state index contributed by atoms with van der Waals surface area (Å²) in [6.07, 6.45) is 11.5. The zero-order valence-electron chi connectivity index (χ0n) is 14.9. The maximum absolute atomic E-state index is 12.2. The number of nitrogens with one attached hydrogen (secondary N) is 1. The summed E-state index contributed by atoms with van der Waals surface area (Å²) in [5.74, 6) is 0.425. The summed E-state index contributed by atoms with van der Waals surface area (Å²) < 4.78 is 3.33. The second-order valence-electron chi connectivity index (χ2n) is 5.93. The third-order valence-corrected chi connectivity index (χ3v) is 4.01. The number of pyridine rings is 1. The molecule has 8 heteroatoms. The Labute approximate surface area is 161 Å². The Morgan fingerprint density at radius 1 is 1.07 bits per heavy atom. The molecule has 0 aliphatic rings. The van der Waals surface area contributed by atoms with E-state index in [4.69, 9.17) is 0 Å². The van der Waals surface area contributed by atoms with Gasteiger partial charge in [0.1, 0.15) is 12.7 Å². The number of amides is 1. The van der Waals surface area contributed by atoms with Crippen LogP contribution in [0.3, 0.4) is 0 Å². The molecule has 0 atom stereocenters. The first-order valence-electron chi connectivity index (χ1n) is 8.64. The maximum atomic E-state index is 12.2. The van der Waals surface area contributed by atoms with Gasteiger partial charge < -0.3 is 5.32 Å². The summed E-state index contributed by atoms with van der Waals surface area (Å²) in [5, 5.41) is 11.2. The maximum Gasteiger partial charge on any atom is 0.244 e. The van der Waals surface area contributed by atoms with Crippen molar-refractivity contribution in [3.8, 4) is 11.5 Å². The fraction of sp³-hybridized carbons (Fsp3) is 0.0500. The Balaban J connectivity index is 1.39. The molecular weight excluding hydrogens is 354 g/mol. The minimum atomic E-state index is -0.208. The van der Waals surface area contributed by atoms with E-state index in [2.05, 4.69) is 25.5 Å². The standard InChI is InChI=1S/C20H17N7O/c28-19(9-8-16-11-24-26(13-16)18-6-2-1-3-7-18)23-12-17-5-4-10-22-20(17)27-15-21-14-25-27/h1-11,13-15H,12H2,(H,23,28)/b9-8-. The minimum absolute atomic E-state index is 0.208. The molecule has 0 radical (unpaired) electrons. The first-order valence-corrected chi connectivity index (χ1v) is 8.64. The third-order valence-electron chi connectivity index (χ3n) is 4.01. The van der Waals surface area contributed by atoms with Crippen molar-refractivity contribution < 1.29 is 4.79 Å². The van der Waals surface area contributed by atoms with Crippen LogP contribution in [0.1, 0.15) is 11.1 Å².